The van der Waals surface area contributed by atoms with Crippen LogP contribution >= 0.6 is 0 Å². The highest BCUT2D eigenvalue weighted by molar-refractivity contribution is 5.80. The van der Waals surface area contributed by atoms with Crippen LogP contribution in [0.3, 0.4) is 0 Å². The van der Waals surface area contributed by atoms with Crippen molar-refractivity contribution >= 4 is 23.4 Å². The van der Waals surface area contributed by atoms with E-state index in [4.69, 9.17) is 5.73 Å². The largest absolute Gasteiger partial charge is 0.368 e. The lowest BCUT2D eigenvalue weighted by molar-refractivity contribution is -0.384. The number of rotatable bonds is 8. The number of aromatic nitrogens is 2. The van der Waals surface area contributed by atoms with Gasteiger partial charge < -0.3 is 16.0 Å². The summed E-state index contributed by atoms with van der Waals surface area (Å²) in [5.74, 6) is -0.205. The Bertz CT molecular complexity index is 493. The number of nitrogens with one attached hydrogen (secondary N) is 1. The van der Waals surface area contributed by atoms with Crippen LogP contribution in [-0.4, -0.2) is 40.4 Å². The molecule has 0 fully saturated rings. The van der Waals surface area contributed by atoms with E-state index < -0.39 is 10.8 Å². The molecule has 1 amide bonds. The molecular formula is C11H18N6O3. The molecule has 20 heavy (non-hydrogen) atoms. The predicted octanol–water partition coefficient (Wildman–Crippen LogP) is 0.518. The first-order chi connectivity index (χ1) is 9.49. The Hall–Kier alpha value is -2.45. The zero-order valence-corrected chi connectivity index (χ0v) is 11.5. The van der Waals surface area contributed by atoms with Gasteiger partial charge in [-0.15, -0.1) is 0 Å². The van der Waals surface area contributed by atoms with Crippen LogP contribution in [0.2, 0.25) is 0 Å². The van der Waals surface area contributed by atoms with Gasteiger partial charge in [-0.25, -0.2) is 4.98 Å². The fraction of sp³-hybridized carbons (Fsp3) is 0.545. The Morgan fingerprint density at radius 1 is 1.55 bits per heavy atom. The number of likely N-dealkylation sites (N-methyl/N-ethyl adjacent to an activating group) is 1. The van der Waals surface area contributed by atoms with Crippen LogP contribution in [0.4, 0.5) is 17.5 Å². The Morgan fingerprint density at radius 3 is 2.75 bits per heavy atom. The first kappa shape index (κ1) is 15.6. The van der Waals surface area contributed by atoms with Gasteiger partial charge in [-0.2, -0.15) is 4.98 Å². The van der Waals surface area contributed by atoms with Crippen molar-refractivity contribution in [2.24, 2.45) is 5.73 Å². The highest BCUT2D eigenvalue weighted by atomic mass is 16.6. The Labute approximate surface area is 116 Å². The van der Waals surface area contributed by atoms with Gasteiger partial charge >= 0.3 is 5.69 Å². The maximum absolute atomic E-state index is 11.0. The van der Waals surface area contributed by atoms with Gasteiger partial charge in [0.05, 0.1) is 11.5 Å². The van der Waals surface area contributed by atoms with E-state index in [9.17, 15) is 14.9 Å². The van der Waals surface area contributed by atoms with Gasteiger partial charge in [-0.1, -0.05) is 6.92 Å². The first-order valence-corrected chi connectivity index (χ1v) is 6.28. The normalized spacial score (nSPS) is 10.1. The van der Waals surface area contributed by atoms with Crippen LogP contribution in [-0.2, 0) is 4.79 Å². The molecule has 0 atom stereocenters. The maximum atomic E-state index is 11.0. The minimum absolute atomic E-state index is 0.0879. The summed E-state index contributed by atoms with van der Waals surface area (Å²) in [6, 6.07) is 0. The molecule has 0 bridgehead atoms. The molecule has 1 heterocycles. The molecule has 0 aliphatic rings. The lowest BCUT2D eigenvalue weighted by Crippen LogP contribution is -2.34. The first-order valence-electron chi connectivity index (χ1n) is 6.28. The van der Waals surface area contributed by atoms with Crippen LogP contribution in [0.5, 0.6) is 0 Å². The van der Waals surface area contributed by atoms with Crippen LogP contribution in [0.1, 0.15) is 20.3 Å². The number of carbonyl (C=O) groups is 1. The van der Waals surface area contributed by atoms with E-state index in [1.54, 1.807) is 6.92 Å². The zero-order chi connectivity index (χ0) is 15.1. The van der Waals surface area contributed by atoms with Gasteiger partial charge in [0.15, 0.2) is 0 Å². The lowest BCUT2D eigenvalue weighted by atomic mass is 10.4. The molecule has 0 unspecified atom stereocenters. The van der Waals surface area contributed by atoms with Crippen LogP contribution < -0.4 is 16.0 Å². The monoisotopic (exact) mass is 282 g/mol. The van der Waals surface area contributed by atoms with Crippen molar-refractivity contribution in [2.75, 3.05) is 29.9 Å². The summed E-state index contributed by atoms with van der Waals surface area (Å²) < 4.78 is 0. The minimum Gasteiger partial charge on any atom is -0.368 e. The van der Waals surface area contributed by atoms with Crippen molar-refractivity contribution in [2.45, 2.75) is 20.3 Å². The average molecular weight is 282 g/mol. The van der Waals surface area contributed by atoms with E-state index in [-0.39, 0.29) is 24.0 Å². The summed E-state index contributed by atoms with van der Waals surface area (Å²) in [7, 11) is 0. The number of hydrogen-bond acceptors (Lipinski definition) is 7. The quantitative estimate of drug-likeness (QED) is 0.525. The molecule has 110 valence electrons. The number of carbonyl (C=O) groups excluding carboxylic acids is 1. The van der Waals surface area contributed by atoms with E-state index in [1.165, 1.54) is 4.90 Å². The number of primary amides is 1. The van der Waals surface area contributed by atoms with E-state index >= 15 is 0 Å². The molecular weight excluding hydrogens is 264 g/mol. The van der Waals surface area contributed by atoms with Gasteiger partial charge in [-0.3, -0.25) is 14.9 Å². The topological polar surface area (TPSA) is 127 Å². The number of nitrogens with two attached hydrogens (primary N) is 1. The second-order valence-corrected chi connectivity index (χ2v) is 4.07. The summed E-state index contributed by atoms with van der Waals surface area (Å²) in [5.41, 5.74) is 4.89. The second kappa shape index (κ2) is 7.22. The van der Waals surface area contributed by atoms with Crippen molar-refractivity contribution in [3.63, 3.8) is 0 Å². The molecule has 1 aromatic rings. The van der Waals surface area contributed by atoms with Crippen molar-refractivity contribution in [3.05, 3.63) is 16.3 Å². The fourth-order valence-electron chi connectivity index (χ4n) is 1.57. The summed E-state index contributed by atoms with van der Waals surface area (Å²) in [6.07, 6.45) is 2.00. The van der Waals surface area contributed by atoms with Crippen LogP contribution in [0.25, 0.3) is 0 Å². The van der Waals surface area contributed by atoms with E-state index in [2.05, 4.69) is 15.3 Å². The molecule has 0 aliphatic carbocycles. The molecule has 0 radical (unpaired) electrons. The fourth-order valence-corrected chi connectivity index (χ4v) is 1.57. The lowest BCUT2D eigenvalue weighted by Gasteiger charge is -2.20. The van der Waals surface area contributed by atoms with E-state index in [0.717, 1.165) is 12.6 Å². The number of nitro groups is 1. The van der Waals surface area contributed by atoms with Crippen molar-refractivity contribution < 1.29 is 9.72 Å². The molecule has 0 saturated carbocycles. The third-order valence-corrected chi connectivity index (χ3v) is 2.51. The molecule has 1 rings (SSSR count). The van der Waals surface area contributed by atoms with Crippen LogP contribution in [0, 0.1) is 10.1 Å². The molecule has 3 N–H and O–H groups in total. The molecule has 0 aromatic carbocycles. The zero-order valence-electron chi connectivity index (χ0n) is 11.5. The average Bonchev–Trinajstić information content (AvgIpc) is 2.41. The maximum Gasteiger partial charge on any atom is 0.329 e. The van der Waals surface area contributed by atoms with Crippen molar-refractivity contribution in [1.29, 1.82) is 0 Å². The summed E-state index contributed by atoms with van der Waals surface area (Å²) in [6.45, 7) is 4.62. The van der Waals surface area contributed by atoms with Gasteiger partial charge in [0.25, 0.3) is 0 Å². The highest BCUT2D eigenvalue weighted by Crippen LogP contribution is 2.25. The van der Waals surface area contributed by atoms with Gasteiger partial charge in [0.1, 0.15) is 6.20 Å². The van der Waals surface area contributed by atoms with Crippen molar-refractivity contribution in [3.8, 4) is 0 Å². The summed E-state index contributed by atoms with van der Waals surface area (Å²) in [5, 5.41) is 14.0. The SMILES string of the molecule is CCCNc1ncc([N+](=O)[O-])c(N(CC)CC(N)=O)n1. The van der Waals surface area contributed by atoms with Gasteiger partial charge in [0.2, 0.25) is 17.7 Å². The second-order valence-electron chi connectivity index (χ2n) is 4.07. The van der Waals surface area contributed by atoms with Crippen LogP contribution in [0.15, 0.2) is 6.20 Å². The predicted molar refractivity (Wildman–Crippen MR) is 74.5 cm³/mol. The Kier molecular flexibility index (Phi) is 5.63. The van der Waals surface area contributed by atoms with Crippen molar-refractivity contribution in [1.82, 2.24) is 9.97 Å². The highest BCUT2D eigenvalue weighted by Gasteiger charge is 2.23. The number of anilines is 2. The Balaban J connectivity index is 3.15. The smallest absolute Gasteiger partial charge is 0.329 e. The van der Waals surface area contributed by atoms with E-state index in [1.807, 2.05) is 6.92 Å². The molecule has 9 heteroatoms. The molecule has 0 saturated heterocycles. The van der Waals surface area contributed by atoms with Gasteiger partial charge in [-0.05, 0) is 13.3 Å². The number of nitrogens with zero attached hydrogens (tertiary/aromatic N) is 4. The molecule has 0 spiro atoms. The summed E-state index contributed by atoms with van der Waals surface area (Å²) >= 11 is 0. The molecule has 1 aromatic heterocycles. The molecule has 9 nitrogen and oxygen atoms in total. The number of hydrogen-bond donors (Lipinski definition) is 2. The Morgan fingerprint density at radius 2 is 2.25 bits per heavy atom. The minimum atomic E-state index is -0.581. The standard InChI is InChI=1S/C11H18N6O3/c1-3-5-13-11-14-6-8(17(19)20)10(15-11)16(4-2)7-9(12)18/h6H,3-5,7H2,1-2H3,(H2,12,18)(H,13,14,15). The third kappa shape index (κ3) is 4.04. The van der Waals surface area contributed by atoms with Gasteiger partial charge in [0, 0.05) is 13.1 Å². The molecule has 0 aliphatic heterocycles. The third-order valence-electron chi connectivity index (χ3n) is 2.51. The van der Waals surface area contributed by atoms with E-state index in [0.29, 0.717) is 13.1 Å². The summed E-state index contributed by atoms with van der Waals surface area (Å²) in [4.78, 5) is 30.9. The number of amides is 1.